The van der Waals surface area contributed by atoms with Gasteiger partial charge in [0.1, 0.15) is 0 Å². The van der Waals surface area contributed by atoms with E-state index >= 15 is 0 Å². The Labute approximate surface area is 110 Å². The zero-order valence-corrected chi connectivity index (χ0v) is 11.1. The topological polar surface area (TPSA) is 32.3 Å². The average molecular weight is 247 g/mol. The van der Waals surface area contributed by atoms with Crippen molar-refractivity contribution in [2.45, 2.75) is 57.1 Å². The largest absolute Gasteiger partial charge is 0.392 e. The Balaban J connectivity index is 1.56. The summed E-state index contributed by atoms with van der Waals surface area (Å²) in [7, 11) is 0. The Kier molecular flexibility index (Phi) is 5.69. The second kappa shape index (κ2) is 7.55. The van der Waals surface area contributed by atoms with E-state index in [4.69, 9.17) is 0 Å². The fourth-order valence-corrected chi connectivity index (χ4v) is 2.74. The minimum atomic E-state index is -0.118. The highest BCUT2D eigenvalue weighted by Gasteiger charge is 2.21. The first-order chi connectivity index (χ1) is 8.86. The van der Waals surface area contributed by atoms with Crippen molar-refractivity contribution in [3.8, 4) is 0 Å². The number of aliphatic hydroxyl groups excluding tert-OH is 1. The van der Waals surface area contributed by atoms with Crippen molar-refractivity contribution in [3.05, 3.63) is 35.9 Å². The first-order valence-electron chi connectivity index (χ1n) is 7.31. The van der Waals surface area contributed by atoms with Crippen molar-refractivity contribution in [2.75, 3.05) is 6.54 Å². The monoisotopic (exact) mass is 247 g/mol. The van der Waals surface area contributed by atoms with E-state index in [1.165, 1.54) is 31.2 Å². The molecule has 0 saturated heterocycles. The summed E-state index contributed by atoms with van der Waals surface area (Å²) in [6.07, 6.45) is 8.02. The van der Waals surface area contributed by atoms with Gasteiger partial charge in [-0.15, -0.1) is 0 Å². The molecule has 0 radical (unpaired) electrons. The standard InChI is InChI=1S/C16H25NO/c18-16-12-5-4-11-15(16)17-13-7-6-10-14-8-2-1-3-9-14/h1-3,8-9,15-18H,4-7,10-13H2. The number of unbranched alkanes of at least 4 members (excludes halogenated alkanes) is 1. The van der Waals surface area contributed by atoms with Crippen LogP contribution in [0.5, 0.6) is 0 Å². The summed E-state index contributed by atoms with van der Waals surface area (Å²) in [6, 6.07) is 11.0. The fourth-order valence-electron chi connectivity index (χ4n) is 2.74. The Morgan fingerprint density at radius 1 is 1.06 bits per heavy atom. The molecule has 0 heterocycles. The average Bonchev–Trinajstić information content (AvgIpc) is 2.42. The number of aryl methyl sites for hydroxylation is 1. The van der Waals surface area contributed by atoms with Gasteiger partial charge in [0, 0.05) is 6.04 Å². The molecule has 2 nitrogen and oxygen atoms in total. The van der Waals surface area contributed by atoms with Gasteiger partial charge in [-0.25, -0.2) is 0 Å². The molecule has 1 aliphatic rings. The van der Waals surface area contributed by atoms with Crippen LogP contribution < -0.4 is 5.32 Å². The molecule has 2 rings (SSSR count). The molecule has 1 aliphatic carbocycles. The van der Waals surface area contributed by atoms with Crippen molar-refractivity contribution in [1.29, 1.82) is 0 Å². The molecule has 1 saturated carbocycles. The Bertz CT molecular complexity index is 325. The summed E-state index contributed by atoms with van der Waals surface area (Å²) < 4.78 is 0. The summed E-state index contributed by atoms with van der Waals surface area (Å²) in [6.45, 7) is 1.04. The van der Waals surface area contributed by atoms with E-state index in [1.807, 2.05) is 0 Å². The molecule has 2 atom stereocenters. The molecule has 2 N–H and O–H groups in total. The Hall–Kier alpha value is -0.860. The SMILES string of the molecule is OC1CCCCC1NCCCCc1ccccc1. The van der Waals surface area contributed by atoms with Crippen LogP contribution in [0.4, 0.5) is 0 Å². The van der Waals surface area contributed by atoms with Gasteiger partial charge >= 0.3 is 0 Å². The molecule has 1 aromatic carbocycles. The molecule has 18 heavy (non-hydrogen) atoms. The van der Waals surface area contributed by atoms with Crippen LogP contribution in [-0.4, -0.2) is 23.8 Å². The minimum absolute atomic E-state index is 0.118. The van der Waals surface area contributed by atoms with Gasteiger partial charge in [-0.05, 0) is 44.2 Å². The maximum atomic E-state index is 9.84. The quantitative estimate of drug-likeness (QED) is 0.758. The molecular weight excluding hydrogens is 222 g/mol. The summed E-state index contributed by atoms with van der Waals surface area (Å²) in [5.41, 5.74) is 1.43. The second-order valence-corrected chi connectivity index (χ2v) is 5.36. The van der Waals surface area contributed by atoms with Gasteiger partial charge in [-0.2, -0.15) is 0 Å². The van der Waals surface area contributed by atoms with Crippen molar-refractivity contribution >= 4 is 0 Å². The van der Waals surface area contributed by atoms with Gasteiger partial charge in [0.05, 0.1) is 6.10 Å². The van der Waals surface area contributed by atoms with Crippen LogP contribution >= 0.6 is 0 Å². The molecule has 1 fully saturated rings. The second-order valence-electron chi connectivity index (χ2n) is 5.36. The lowest BCUT2D eigenvalue weighted by molar-refractivity contribution is 0.0910. The number of rotatable bonds is 6. The molecule has 0 spiro atoms. The third-order valence-corrected chi connectivity index (χ3v) is 3.87. The first-order valence-corrected chi connectivity index (χ1v) is 7.31. The lowest BCUT2D eigenvalue weighted by atomic mass is 9.92. The van der Waals surface area contributed by atoms with Gasteiger partial charge in [0.25, 0.3) is 0 Å². The maximum absolute atomic E-state index is 9.84. The van der Waals surface area contributed by atoms with Crippen molar-refractivity contribution in [1.82, 2.24) is 5.32 Å². The Morgan fingerprint density at radius 2 is 1.83 bits per heavy atom. The van der Waals surface area contributed by atoms with Gasteiger partial charge in [0.2, 0.25) is 0 Å². The molecule has 100 valence electrons. The van der Waals surface area contributed by atoms with E-state index in [-0.39, 0.29) is 6.10 Å². The highest BCUT2D eigenvalue weighted by molar-refractivity contribution is 5.14. The molecule has 0 aromatic heterocycles. The molecule has 0 amide bonds. The number of hydrogen-bond acceptors (Lipinski definition) is 2. The van der Waals surface area contributed by atoms with Gasteiger partial charge in [0.15, 0.2) is 0 Å². The van der Waals surface area contributed by atoms with Crippen LogP contribution in [0.1, 0.15) is 44.1 Å². The van der Waals surface area contributed by atoms with E-state index in [0.29, 0.717) is 6.04 Å². The van der Waals surface area contributed by atoms with Crippen molar-refractivity contribution in [3.63, 3.8) is 0 Å². The number of aliphatic hydroxyl groups is 1. The number of hydrogen-bond donors (Lipinski definition) is 2. The zero-order valence-electron chi connectivity index (χ0n) is 11.1. The molecule has 2 unspecified atom stereocenters. The molecule has 2 heteroatoms. The van der Waals surface area contributed by atoms with Crippen LogP contribution in [0.3, 0.4) is 0 Å². The molecule has 0 bridgehead atoms. The number of benzene rings is 1. The van der Waals surface area contributed by atoms with Crippen molar-refractivity contribution in [2.24, 2.45) is 0 Å². The van der Waals surface area contributed by atoms with E-state index in [9.17, 15) is 5.11 Å². The van der Waals surface area contributed by atoms with Crippen LogP contribution in [0.2, 0.25) is 0 Å². The zero-order chi connectivity index (χ0) is 12.6. The highest BCUT2D eigenvalue weighted by Crippen LogP contribution is 2.18. The van der Waals surface area contributed by atoms with Crippen LogP contribution in [0.25, 0.3) is 0 Å². The summed E-state index contributed by atoms with van der Waals surface area (Å²) in [5.74, 6) is 0. The molecular formula is C16H25NO. The third kappa shape index (κ3) is 4.43. The summed E-state index contributed by atoms with van der Waals surface area (Å²) in [5, 5.41) is 13.3. The van der Waals surface area contributed by atoms with Crippen LogP contribution in [0.15, 0.2) is 30.3 Å². The molecule has 0 aliphatic heterocycles. The van der Waals surface area contributed by atoms with Crippen LogP contribution in [0, 0.1) is 0 Å². The number of nitrogens with one attached hydrogen (secondary N) is 1. The summed E-state index contributed by atoms with van der Waals surface area (Å²) in [4.78, 5) is 0. The normalized spacial score (nSPS) is 24.1. The first kappa shape index (κ1) is 13.6. The fraction of sp³-hybridized carbons (Fsp3) is 0.625. The summed E-state index contributed by atoms with van der Waals surface area (Å²) >= 11 is 0. The highest BCUT2D eigenvalue weighted by atomic mass is 16.3. The van der Waals surface area contributed by atoms with Crippen LogP contribution in [-0.2, 0) is 6.42 Å². The van der Waals surface area contributed by atoms with E-state index in [2.05, 4.69) is 35.6 Å². The maximum Gasteiger partial charge on any atom is 0.0693 e. The molecule has 1 aromatic rings. The predicted molar refractivity (Wildman–Crippen MR) is 75.6 cm³/mol. The van der Waals surface area contributed by atoms with E-state index in [1.54, 1.807) is 0 Å². The lowest BCUT2D eigenvalue weighted by Crippen LogP contribution is -2.42. The Morgan fingerprint density at radius 3 is 2.61 bits per heavy atom. The van der Waals surface area contributed by atoms with Crippen molar-refractivity contribution < 1.29 is 5.11 Å². The van der Waals surface area contributed by atoms with Gasteiger partial charge < -0.3 is 10.4 Å². The lowest BCUT2D eigenvalue weighted by Gasteiger charge is -2.28. The minimum Gasteiger partial charge on any atom is -0.392 e. The van der Waals surface area contributed by atoms with Gasteiger partial charge in [-0.1, -0.05) is 43.2 Å². The predicted octanol–water partition coefficient (Wildman–Crippen LogP) is 2.90. The third-order valence-electron chi connectivity index (χ3n) is 3.87. The van der Waals surface area contributed by atoms with Gasteiger partial charge in [-0.3, -0.25) is 0 Å². The smallest absolute Gasteiger partial charge is 0.0693 e. The van der Waals surface area contributed by atoms with E-state index < -0.39 is 0 Å². The van der Waals surface area contributed by atoms with E-state index in [0.717, 1.165) is 25.8 Å².